The van der Waals surface area contributed by atoms with E-state index in [1.165, 1.54) is 29.2 Å². The van der Waals surface area contributed by atoms with Crippen molar-refractivity contribution >= 4 is 39.1 Å². The van der Waals surface area contributed by atoms with Crippen LogP contribution >= 0.6 is 11.6 Å². The van der Waals surface area contributed by atoms with Crippen LogP contribution in [-0.4, -0.2) is 50.8 Å². The summed E-state index contributed by atoms with van der Waals surface area (Å²) < 4.78 is 28.6. The third-order valence-corrected chi connectivity index (χ3v) is 8.24. The molecule has 202 valence electrons. The lowest BCUT2D eigenvalue weighted by molar-refractivity contribution is -0.138. The second-order valence-corrected chi connectivity index (χ2v) is 11.4. The number of benzene rings is 3. The second-order valence-electron chi connectivity index (χ2n) is 9.09. The maximum atomic E-state index is 13.8. The van der Waals surface area contributed by atoms with E-state index in [0.717, 1.165) is 21.9 Å². The number of carbonyl (C=O) groups is 2. The molecule has 1 atom stereocenters. The van der Waals surface area contributed by atoms with Gasteiger partial charge in [0.05, 0.1) is 10.6 Å². The van der Waals surface area contributed by atoms with E-state index in [1.54, 1.807) is 31.2 Å². The predicted octanol–water partition coefficient (Wildman–Crippen LogP) is 4.83. The lowest BCUT2D eigenvalue weighted by atomic mass is 10.1. The summed E-state index contributed by atoms with van der Waals surface area (Å²) in [6.07, 6.45) is 1.28. The Morgan fingerprint density at radius 1 is 0.947 bits per heavy atom. The van der Waals surface area contributed by atoms with Crippen LogP contribution in [-0.2, 0) is 26.0 Å². The van der Waals surface area contributed by atoms with Crippen molar-refractivity contribution in [1.82, 2.24) is 10.2 Å². The van der Waals surface area contributed by atoms with Crippen molar-refractivity contribution < 1.29 is 18.0 Å². The van der Waals surface area contributed by atoms with Gasteiger partial charge in [-0.3, -0.25) is 13.9 Å². The highest BCUT2D eigenvalue weighted by atomic mass is 35.5. The Morgan fingerprint density at radius 2 is 1.58 bits per heavy atom. The molecule has 9 heteroatoms. The van der Waals surface area contributed by atoms with Gasteiger partial charge < -0.3 is 10.2 Å². The molecule has 0 unspecified atom stereocenters. The molecule has 1 N–H and O–H groups in total. The number of rotatable bonds is 12. The average Bonchev–Trinajstić information content (AvgIpc) is 2.91. The number of sulfonamides is 1. The second kappa shape index (κ2) is 13.4. The number of carbonyl (C=O) groups excluding carboxylic acids is 2. The van der Waals surface area contributed by atoms with Crippen molar-refractivity contribution in [3.63, 3.8) is 0 Å². The molecule has 0 aliphatic rings. The standard InChI is InChI=1S/C29H34ClN3O4S/c1-4-19-31-29(35)23(3)32(20-18-24-8-6-5-7-9-24)28(34)21-33(26-14-10-22(2)11-15-26)38(36,37)27-16-12-25(30)13-17-27/h5-17,23H,4,18-21H2,1-3H3,(H,31,35)/t23-/m0/s1. The maximum absolute atomic E-state index is 13.8. The number of anilines is 1. The normalized spacial score (nSPS) is 12.0. The van der Waals surface area contributed by atoms with E-state index in [2.05, 4.69) is 5.32 Å². The first-order valence-electron chi connectivity index (χ1n) is 12.6. The summed E-state index contributed by atoms with van der Waals surface area (Å²) in [5.41, 5.74) is 2.32. The van der Waals surface area contributed by atoms with Crippen molar-refractivity contribution in [2.24, 2.45) is 0 Å². The fourth-order valence-corrected chi connectivity index (χ4v) is 5.48. The minimum absolute atomic E-state index is 0.0137. The molecule has 0 saturated carbocycles. The summed E-state index contributed by atoms with van der Waals surface area (Å²) >= 11 is 5.98. The summed E-state index contributed by atoms with van der Waals surface area (Å²) in [7, 11) is -4.11. The van der Waals surface area contributed by atoms with Crippen molar-refractivity contribution in [3.8, 4) is 0 Å². The molecule has 7 nitrogen and oxygen atoms in total. The lowest BCUT2D eigenvalue weighted by Crippen LogP contribution is -2.52. The molecule has 0 spiro atoms. The van der Waals surface area contributed by atoms with Gasteiger partial charge in [0.1, 0.15) is 12.6 Å². The quantitative estimate of drug-likeness (QED) is 0.347. The third kappa shape index (κ3) is 7.58. The zero-order valence-corrected chi connectivity index (χ0v) is 23.5. The van der Waals surface area contributed by atoms with Crippen LogP contribution in [0, 0.1) is 6.92 Å². The van der Waals surface area contributed by atoms with Crippen molar-refractivity contribution in [1.29, 1.82) is 0 Å². The smallest absolute Gasteiger partial charge is 0.264 e. The highest BCUT2D eigenvalue weighted by Gasteiger charge is 2.32. The summed E-state index contributed by atoms with van der Waals surface area (Å²) in [5.74, 6) is -0.756. The SMILES string of the molecule is CCCNC(=O)[C@H](C)N(CCc1ccccc1)C(=O)CN(c1ccc(C)cc1)S(=O)(=O)c1ccc(Cl)cc1. The zero-order valence-electron chi connectivity index (χ0n) is 21.9. The molecule has 3 rings (SSSR count). The van der Waals surface area contributed by atoms with Crippen molar-refractivity contribution in [2.75, 3.05) is 23.9 Å². The van der Waals surface area contributed by atoms with Gasteiger partial charge in [-0.2, -0.15) is 0 Å². The van der Waals surface area contributed by atoms with Gasteiger partial charge in [-0.1, -0.05) is 66.6 Å². The van der Waals surface area contributed by atoms with Crippen LogP contribution in [0.15, 0.2) is 83.8 Å². The molecule has 0 radical (unpaired) electrons. The first kappa shape index (κ1) is 29.2. The molecule has 0 aromatic heterocycles. The summed E-state index contributed by atoms with van der Waals surface area (Å²) in [6.45, 7) is 5.79. The monoisotopic (exact) mass is 555 g/mol. The highest BCUT2D eigenvalue weighted by molar-refractivity contribution is 7.92. The van der Waals surface area contributed by atoms with E-state index in [4.69, 9.17) is 11.6 Å². The molecule has 0 aliphatic heterocycles. The fourth-order valence-electron chi connectivity index (χ4n) is 3.94. The minimum Gasteiger partial charge on any atom is -0.354 e. The van der Waals surface area contributed by atoms with Crippen LogP contribution in [0.25, 0.3) is 0 Å². The molecule has 38 heavy (non-hydrogen) atoms. The predicted molar refractivity (Wildman–Crippen MR) is 152 cm³/mol. The number of hydrogen-bond acceptors (Lipinski definition) is 4. The van der Waals surface area contributed by atoms with Crippen LogP contribution in [0.5, 0.6) is 0 Å². The number of hydrogen-bond donors (Lipinski definition) is 1. The molecule has 0 saturated heterocycles. The molecular formula is C29H34ClN3O4S. The Balaban J connectivity index is 1.95. The molecule has 0 heterocycles. The van der Waals surface area contributed by atoms with Gasteiger partial charge in [0.15, 0.2) is 0 Å². The summed E-state index contributed by atoms with van der Waals surface area (Å²) in [6, 6.07) is 21.6. The van der Waals surface area contributed by atoms with Gasteiger partial charge in [-0.05, 0) is 68.7 Å². The lowest BCUT2D eigenvalue weighted by Gasteiger charge is -2.32. The molecule has 0 bridgehead atoms. The number of halogens is 1. The van der Waals surface area contributed by atoms with Crippen LogP contribution in [0.3, 0.4) is 0 Å². The summed E-state index contributed by atoms with van der Waals surface area (Å²) in [5, 5.41) is 3.24. The number of nitrogens with one attached hydrogen (secondary N) is 1. The molecule has 3 aromatic rings. The van der Waals surface area contributed by atoms with E-state index in [9.17, 15) is 18.0 Å². The Kier molecular flexibility index (Phi) is 10.3. The number of amides is 2. The molecule has 2 amide bonds. The van der Waals surface area contributed by atoms with Crippen LogP contribution in [0.2, 0.25) is 5.02 Å². The van der Waals surface area contributed by atoms with Gasteiger partial charge in [0, 0.05) is 18.1 Å². The van der Waals surface area contributed by atoms with Crippen LogP contribution < -0.4 is 9.62 Å². The van der Waals surface area contributed by atoms with Gasteiger partial charge in [-0.25, -0.2) is 8.42 Å². The van der Waals surface area contributed by atoms with E-state index in [1.807, 2.05) is 44.2 Å². The maximum Gasteiger partial charge on any atom is 0.264 e. The van der Waals surface area contributed by atoms with Gasteiger partial charge in [-0.15, -0.1) is 0 Å². The topological polar surface area (TPSA) is 86.8 Å². The highest BCUT2D eigenvalue weighted by Crippen LogP contribution is 2.25. The van der Waals surface area contributed by atoms with Crippen LogP contribution in [0.1, 0.15) is 31.4 Å². The number of aryl methyl sites for hydroxylation is 1. The molecule has 0 aliphatic carbocycles. The largest absolute Gasteiger partial charge is 0.354 e. The number of nitrogens with zero attached hydrogens (tertiary/aromatic N) is 2. The molecule has 3 aromatic carbocycles. The van der Waals surface area contributed by atoms with Gasteiger partial charge >= 0.3 is 0 Å². The zero-order chi connectivity index (χ0) is 27.7. The Labute approximate surface area is 230 Å². The van der Waals surface area contributed by atoms with E-state index in [-0.39, 0.29) is 17.3 Å². The molecule has 0 fully saturated rings. The van der Waals surface area contributed by atoms with Crippen molar-refractivity contribution in [2.45, 2.75) is 44.6 Å². The van der Waals surface area contributed by atoms with Crippen molar-refractivity contribution in [3.05, 3.63) is 95.0 Å². The minimum atomic E-state index is -4.11. The van der Waals surface area contributed by atoms with E-state index < -0.39 is 28.5 Å². The summed E-state index contributed by atoms with van der Waals surface area (Å²) in [4.78, 5) is 28.1. The Hall–Kier alpha value is -3.36. The fraction of sp³-hybridized carbons (Fsp3) is 0.310. The Morgan fingerprint density at radius 3 is 2.18 bits per heavy atom. The first-order valence-corrected chi connectivity index (χ1v) is 14.4. The first-order chi connectivity index (χ1) is 18.1. The average molecular weight is 556 g/mol. The van der Waals surface area contributed by atoms with Gasteiger partial charge in [0.2, 0.25) is 11.8 Å². The Bertz CT molecular complexity index is 1310. The van der Waals surface area contributed by atoms with E-state index >= 15 is 0 Å². The molecular weight excluding hydrogens is 522 g/mol. The third-order valence-electron chi connectivity index (χ3n) is 6.20. The van der Waals surface area contributed by atoms with Crippen LogP contribution in [0.4, 0.5) is 5.69 Å². The van der Waals surface area contributed by atoms with E-state index in [0.29, 0.717) is 23.7 Å². The van der Waals surface area contributed by atoms with Gasteiger partial charge in [0.25, 0.3) is 10.0 Å².